The number of benzene rings is 2. The van der Waals surface area contributed by atoms with Gasteiger partial charge in [0.05, 0.1) is 5.69 Å². The van der Waals surface area contributed by atoms with E-state index in [1.165, 1.54) is 98.4 Å². The van der Waals surface area contributed by atoms with Crippen LogP contribution in [-0.2, 0) is 25.7 Å². The molecule has 0 spiro atoms. The van der Waals surface area contributed by atoms with E-state index in [-0.39, 0.29) is 0 Å². The highest BCUT2D eigenvalue weighted by Crippen LogP contribution is 2.37. The van der Waals surface area contributed by atoms with Crippen molar-refractivity contribution in [2.24, 2.45) is 22.7 Å². The number of anilines is 2. The minimum atomic E-state index is -0.506. The van der Waals surface area contributed by atoms with E-state index in [1.807, 2.05) is 0 Å². The number of fused-ring (bicyclic) bond motifs is 4. The minimum absolute atomic E-state index is 0.506. The molecule has 4 N–H and O–H groups in total. The first-order valence-electron chi connectivity index (χ1n) is 15.9. The number of nitrogens with two attached hydrogens (primary N) is 1. The predicted octanol–water partition coefficient (Wildman–Crippen LogP) is 6.52. The fourth-order valence-electron chi connectivity index (χ4n) is 7.62. The number of nitrogens with one attached hydrogen (secondary N) is 2. The lowest BCUT2D eigenvalue weighted by Crippen LogP contribution is -2.47. The molecule has 2 aromatic carbocycles. The van der Waals surface area contributed by atoms with Gasteiger partial charge in [-0.3, -0.25) is 5.73 Å². The van der Waals surface area contributed by atoms with Crippen LogP contribution in [0.2, 0.25) is 0 Å². The summed E-state index contributed by atoms with van der Waals surface area (Å²) in [5.74, 6) is 3.11. The van der Waals surface area contributed by atoms with E-state index in [9.17, 15) is 0 Å². The topological polar surface area (TPSA) is 91.5 Å². The molecule has 4 aliphatic rings. The van der Waals surface area contributed by atoms with Crippen LogP contribution in [0, 0.1) is 11.8 Å². The maximum Gasteiger partial charge on any atom is 0.221 e. The first kappa shape index (κ1) is 26.4. The Morgan fingerprint density at radius 1 is 0.707 bits per heavy atom. The Kier molecular flexibility index (Phi) is 7.62. The van der Waals surface area contributed by atoms with Crippen LogP contribution in [0.5, 0.6) is 0 Å². The van der Waals surface area contributed by atoms with Crippen LogP contribution in [0.4, 0.5) is 11.5 Å². The third-order valence-corrected chi connectivity index (χ3v) is 9.87. The first-order valence-corrected chi connectivity index (χ1v) is 15.9. The highest BCUT2D eigenvalue weighted by molar-refractivity contribution is 5.96. The lowest BCUT2D eigenvalue weighted by Gasteiger charge is -2.28. The Balaban J connectivity index is 1.04. The summed E-state index contributed by atoms with van der Waals surface area (Å²) < 4.78 is 0. The average Bonchev–Trinajstić information content (AvgIpc) is 3.11. The second kappa shape index (κ2) is 11.8. The molecule has 2 atom stereocenters. The zero-order chi connectivity index (χ0) is 27.6. The Hall–Kier alpha value is -3.45. The summed E-state index contributed by atoms with van der Waals surface area (Å²) in [6, 6.07) is 17.5. The number of aryl methyl sites for hydroxylation is 4. The number of hydrogen-bond acceptors (Lipinski definition) is 7. The molecular formula is C34H43N7. The van der Waals surface area contributed by atoms with Crippen LogP contribution in [0.25, 0.3) is 11.3 Å². The van der Waals surface area contributed by atoms with Crippen LogP contribution in [0.3, 0.4) is 0 Å². The van der Waals surface area contributed by atoms with E-state index in [4.69, 9.17) is 10.8 Å². The molecule has 2 heterocycles. The fourth-order valence-corrected chi connectivity index (χ4v) is 7.62. The van der Waals surface area contributed by atoms with Gasteiger partial charge in [0.25, 0.3) is 0 Å². The third kappa shape index (κ3) is 5.69. The van der Waals surface area contributed by atoms with Gasteiger partial charge in [-0.2, -0.15) is 0 Å². The Morgan fingerprint density at radius 3 is 2.34 bits per heavy atom. The van der Waals surface area contributed by atoms with E-state index in [1.54, 1.807) is 5.01 Å². The van der Waals surface area contributed by atoms with E-state index in [0.29, 0.717) is 11.8 Å². The van der Waals surface area contributed by atoms with E-state index in [0.717, 1.165) is 42.5 Å². The summed E-state index contributed by atoms with van der Waals surface area (Å²) in [7, 11) is 0. The Morgan fingerprint density at radius 2 is 1.46 bits per heavy atom. The van der Waals surface area contributed by atoms with Crippen molar-refractivity contribution < 1.29 is 0 Å². The molecule has 3 aliphatic carbocycles. The summed E-state index contributed by atoms with van der Waals surface area (Å²) in [5.41, 5.74) is 15.2. The molecule has 1 aromatic heterocycles. The zero-order valence-electron chi connectivity index (χ0n) is 24.1. The number of guanidine groups is 1. The van der Waals surface area contributed by atoms with Crippen LogP contribution >= 0.6 is 0 Å². The molecule has 0 saturated heterocycles. The van der Waals surface area contributed by atoms with Gasteiger partial charge in [0.1, 0.15) is 0 Å². The smallest absolute Gasteiger partial charge is 0.221 e. The summed E-state index contributed by atoms with van der Waals surface area (Å²) in [5, 5.41) is 22.5. The Bertz CT molecular complexity index is 1410. The molecule has 41 heavy (non-hydrogen) atoms. The SMILES string of the molecule is NC1NC(Nc2ccc3c(c2)CC[C@@H](C2CCCCCCC2)CC3)=NN1c1cc2c(nn1)-c1ccccc1CCC2. The van der Waals surface area contributed by atoms with Crippen molar-refractivity contribution in [3.8, 4) is 11.3 Å². The van der Waals surface area contributed by atoms with Gasteiger partial charge in [0.15, 0.2) is 12.1 Å². The lowest BCUT2D eigenvalue weighted by atomic mass is 9.78. The summed E-state index contributed by atoms with van der Waals surface area (Å²) in [4.78, 5) is 0. The maximum absolute atomic E-state index is 6.47. The van der Waals surface area contributed by atoms with Crippen LogP contribution in [-0.4, -0.2) is 22.4 Å². The molecule has 7 heteroatoms. The average molecular weight is 550 g/mol. The Labute approximate surface area is 244 Å². The summed E-state index contributed by atoms with van der Waals surface area (Å²) in [6.07, 6.45) is 17.7. The molecule has 214 valence electrons. The van der Waals surface area contributed by atoms with Gasteiger partial charge < -0.3 is 10.6 Å². The van der Waals surface area contributed by atoms with Crippen LogP contribution in [0.15, 0.2) is 53.6 Å². The van der Waals surface area contributed by atoms with Crippen molar-refractivity contribution >= 4 is 17.5 Å². The van der Waals surface area contributed by atoms with Crippen molar-refractivity contribution in [2.75, 3.05) is 10.3 Å². The van der Waals surface area contributed by atoms with Gasteiger partial charge in [0, 0.05) is 11.3 Å². The van der Waals surface area contributed by atoms with Crippen molar-refractivity contribution in [1.29, 1.82) is 0 Å². The highest BCUT2D eigenvalue weighted by Gasteiger charge is 2.28. The summed E-state index contributed by atoms with van der Waals surface area (Å²) >= 11 is 0. The van der Waals surface area contributed by atoms with E-state index in [2.05, 4.69) is 69.4 Å². The van der Waals surface area contributed by atoms with Crippen LogP contribution < -0.4 is 21.4 Å². The van der Waals surface area contributed by atoms with Gasteiger partial charge in [0.2, 0.25) is 5.96 Å². The quantitative estimate of drug-likeness (QED) is 0.322. The van der Waals surface area contributed by atoms with Gasteiger partial charge in [-0.25, -0.2) is 5.01 Å². The molecule has 1 saturated carbocycles. The molecule has 7 rings (SSSR count). The number of aromatic nitrogens is 2. The number of hydrazone groups is 1. The molecule has 0 radical (unpaired) electrons. The van der Waals surface area contributed by atoms with Gasteiger partial charge >= 0.3 is 0 Å². The number of rotatable bonds is 3. The second-order valence-electron chi connectivity index (χ2n) is 12.5. The highest BCUT2D eigenvalue weighted by atomic mass is 15.6. The normalized spacial score (nSPS) is 23.0. The molecule has 3 aromatic rings. The maximum atomic E-state index is 6.47. The van der Waals surface area contributed by atoms with E-state index >= 15 is 0 Å². The third-order valence-electron chi connectivity index (χ3n) is 9.87. The molecular weight excluding hydrogens is 506 g/mol. The molecule has 1 unspecified atom stereocenters. The molecule has 0 bridgehead atoms. The minimum Gasteiger partial charge on any atom is -0.325 e. The first-order chi connectivity index (χ1) is 20.2. The number of hydrogen-bond donors (Lipinski definition) is 3. The monoisotopic (exact) mass is 549 g/mol. The van der Waals surface area contributed by atoms with Crippen molar-refractivity contribution in [3.05, 3.63) is 70.8 Å². The van der Waals surface area contributed by atoms with Gasteiger partial charge in [-0.1, -0.05) is 75.3 Å². The fraction of sp³-hybridized carbons (Fsp3) is 0.500. The molecule has 0 amide bonds. The summed E-state index contributed by atoms with van der Waals surface area (Å²) in [6.45, 7) is 0. The van der Waals surface area contributed by atoms with Crippen LogP contribution in [0.1, 0.15) is 86.5 Å². The van der Waals surface area contributed by atoms with Crippen molar-refractivity contribution in [1.82, 2.24) is 15.5 Å². The van der Waals surface area contributed by atoms with E-state index < -0.39 is 6.29 Å². The van der Waals surface area contributed by atoms with Crippen molar-refractivity contribution in [2.45, 2.75) is 96.2 Å². The van der Waals surface area contributed by atoms with Crippen molar-refractivity contribution in [3.63, 3.8) is 0 Å². The largest absolute Gasteiger partial charge is 0.325 e. The van der Waals surface area contributed by atoms with Gasteiger partial charge in [-0.05, 0) is 97.2 Å². The van der Waals surface area contributed by atoms with Gasteiger partial charge in [-0.15, -0.1) is 15.3 Å². The lowest BCUT2D eigenvalue weighted by molar-refractivity contribution is 0.243. The molecule has 1 aliphatic heterocycles. The standard InChI is InChI=1S/C34H43N7/c35-33-37-34(40-41(33)31-22-28-13-8-12-26-11-6-7-14-30(26)32(28)39-38-31)36-29-20-19-25-16-15-24(17-18-27(25)21-29)23-9-4-2-1-3-5-10-23/h6-7,11,14,19-24,33H,1-5,8-10,12-13,15-18,35H2,(H2,36,37,40)/t24-,33?/m0/s1. The second-order valence-corrected chi connectivity index (χ2v) is 12.5. The molecule has 1 fully saturated rings. The zero-order valence-corrected chi connectivity index (χ0v) is 24.1. The predicted molar refractivity (Wildman–Crippen MR) is 167 cm³/mol. The number of nitrogens with zero attached hydrogens (tertiary/aromatic N) is 4. The molecule has 7 nitrogen and oxygen atoms in total.